The summed E-state index contributed by atoms with van der Waals surface area (Å²) in [5.74, 6) is 0.922. The highest BCUT2D eigenvalue weighted by atomic mass is 15.2. The highest BCUT2D eigenvalue weighted by Crippen LogP contribution is 2.38. The van der Waals surface area contributed by atoms with Gasteiger partial charge in [0, 0.05) is 11.6 Å². The average Bonchev–Trinajstić information content (AvgIpc) is 2.39. The second kappa shape index (κ2) is 3.04. The van der Waals surface area contributed by atoms with Gasteiger partial charge in [0.25, 0.3) is 0 Å². The Kier molecular flexibility index (Phi) is 1.56. The minimum absolute atomic E-state index is 0.922. The molecule has 3 heteroatoms. The number of hydrogen-bond acceptors (Lipinski definition) is 3. The summed E-state index contributed by atoms with van der Waals surface area (Å²) in [6, 6.07) is 12.5. The fraction of sp³-hybridized carbons (Fsp3) is 0. The molecule has 3 nitrogen and oxygen atoms in total. The van der Waals surface area contributed by atoms with Crippen LogP contribution in [0.2, 0.25) is 0 Å². The van der Waals surface area contributed by atoms with E-state index in [1.807, 2.05) is 23.4 Å². The van der Waals surface area contributed by atoms with Gasteiger partial charge < -0.3 is 0 Å². The molecule has 2 heterocycles. The predicted octanol–water partition coefficient (Wildman–Crippen LogP) is 3.25. The van der Waals surface area contributed by atoms with Crippen LogP contribution in [0.4, 0.5) is 11.4 Å². The summed E-state index contributed by atoms with van der Waals surface area (Å²) in [6.45, 7) is 0. The van der Waals surface area contributed by atoms with E-state index in [1.54, 1.807) is 6.20 Å². The van der Waals surface area contributed by atoms with Crippen molar-refractivity contribution in [2.75, 3.05) is 4.90 Å². The smallest absolute Gasteiger partial charge is 0.140 e. The summed E-state index contributed by atoms with van der Waals surface area (Å²) in [6.07, 6.45) is 5.50. The Morgan fingerprint density at radius 2 is 1.88 bits per heavy atom. The van der Waals surface area contributed by atoms with Crippen LogP contribution >= 0.6 is 0 Å². The van der Waals surface area contributed by atoms with Gasteiger partial charge in [-0.1, -0.05) is 24.3 Å². The molecule has 0 aromatic heterocycles. The average molecular weight is 219 g/mol. The summed E-state index contributed by atoms with van der Waals surface area (Å²) >= 11 is 0. The normalized spacial score (nSPS) is 16.0. The second-order valence-corrected chi connectivity index (χ2v) is 4.07. The van der Waals surface area contributed by atoms with Crippen molar-refractivity contribution in [2.45, 2.75) is 0 Å². The maximum atomic E-state index is 4.65. The Morgan fingerprint density at radius 1 is 1.00 bits per heavy atom. The first kappa shape index (κ1) is 8.70. The topological polar surface area (TPSA) is 28.0 Å². The molecule has 0 bridgehead atoms. The Hall–Kier alpha value is -2.42. The lowest BCUT2D eigenvalue weighted by atomic mass is 10.0. The number of aliphatic imine (C=N–C) groups is 2. The van der Waals surface area contributed by atoms with Gasteiger partial charge in [-0.15, -0.1) is 0 Å². The van der Waals surface area contributed by atoms with Crippen molar-refractivity contribution in [2.24, 2.45) is 9.98 Å². The minimum Gasteiger partial charge on any atom is -0.284 e. The summed E-state index contributed by atoms with van der Waals surface area (Å²) < 4.78 is 0. The molecule has 0 spiro atoms. The quantitative estimate of drug-likeness (QED) is 0.668. The van der Waals surface area contributed by atoms with Crippen molar-refractivity contribution >= 4 is 34.3 Å². The number of amidine groups is 1. The van der Waals surface area contributed by atoms with Crippen molar-refractivity contribution in [3.05, 3.63) is 48.7 Å². The highest BCUT2D eigenvalue weighted by Gasteiger charge is 2.20. The Morgan fingerprint density at radius 3 is 2.82 bits per heavy atom. The van der Waals surface area contributed by atoms with Gasteiger partial charge in [0.1, 0.15) is 12.2 Å². The first-order valence-electron chi connectivity index (χ1n) is 5.53. The van der Waals surface area contributed by atoms with Crippen molar-refractivity contribution in [3.8, 4) is 0 Å². The van der Waals surface area contributed by atoms with Gasteiger partial charge in [0.05, 0.1) is 11.4 Å². The summed E-state index contributed by atoms with van der Waals surface area (Å²) in [4.78, 5) is 10.8. The van der Waals surface area contributed by atoms with Crippen LogP contribution in [0, 0.1) is 0 Å². The number of anilines is 1. The van der Waals surface area contributed by atoms with Crippen molar-refractivity contribution in [3.63, 3.8) is 0 Å². The van der Waals surface area contributed by atoms with Crippen LogP contribution in [0.3, 0.4) is 0 Å². The van der Waals surface area contributed by atoms with Crippen LogP contribution in [0.5, 0.6) is 0 Å². The third kappa shape index (κ3) is 1.11. The number of hydrogen-bond donors (Lipinski definition) is 0. The van der Waals surface area contributed by atoms with Crippen molar-refractivity contribution in [1.29, 1.82) is 0 Å². The van der Waals surface area contributed by atoms with Crippen molar-refractivity contribution in [1.82, 2.24) is 0 Å². The molecule has 0 amide bonds. The molecule has 2 aliphatic heterocycles. The molecule has 80 valence electrons. The van der Waals surface area contributed by atoms with Crippen LogP contribution in [0.25, 0.3) is 10.8 Å². The van der Waals surface area contributed by atoms with Gasteiger partial charge in [-0.3, -0.25) is 4.90 Å². The maximum absolute atomic E-state index is 4.65. The number of fused-ring (bicyclic) bond motifs is 2. The lowest BCUT2D eigenvalue weighted by Crippen LogP contribution is -2.31. The largest absolute Gasteiger partial charge is 0.284 e. The van der Waals surface area contributed by atoms with Gasteiger partial charge in [-0.25, -0.2) is 9.98 Å². The first-order valence-corrected chi connectivity index (χ1v) is 5.53. The molecule has 0 saturated carbocycles. The maximum Gasteiger partial charge on any atom is 0.140 e. The highest BCUT2D eigenvalue weighted by molar-refractivity contribution is 6.26. The molecule has 0 radical (unpaired) electrons. The van der Waals surface area contributed by atoms with Crippen LogP contribution < -0.4 is 4.90 Å². The predicted molar refractivity (Wildman–Crippen MR) is 71.2 cm³/mol. The molecule has 2 aromatic rings. The van der Waals surface area contributed by atoms with Crippen LogP contribution in [0.1, 0.15) is 0 Å². The van der Waals surface area contributed by atoms with E-state index in [2.05, 4.69) is 40.3 Å². The van der Waals surface area contributed by atoms with E-state index in [4.69, 9.17) is 0 Å². The molecule has 0 fully saturated rings. The van der Waals surface area contributed by atoms with E-state index >= 15 is 0 Å². The van der Waals surface area contributed by atoms with E-state index in [0.717, 1.165) is 17.2 Å². The Labute approximate surface area is 98.4 Å². The molecule has 0 N–H and O–H groups in total. The van der Waals surface area contributed by atoms with Gasteiger partial charge in [-0.2, -0.15) is 0 Å². The zero-order chi connectivity index (χ0) is 11.2. The molecule has 0 unspecified atom stereocenters. The van der Waals surface area contributed by atoms with E-state index < -0.39 is 0 Å². The summed E-state index contributed by atoms with van der Waals surface area (Å²) in [5, 5.41) is 2.41. The van der Waals surface area contributed by atoms with Crippen LogP contribution in [-0.2, 0) is 0 Å². The fourth-order valence-electron chi connectivity index (χ4n) is 2.35. The molecule has 0 aliphatic carbocycles. The third-order valence-corrected chi connectivity index (χ3v) is 3.09. The van der Waals surface area contributed by atoms with E-state index in [0.29, 0.717) is 0 Å². The Balaban J connectivity index is 2.16. The molecule has 17 heavy (non-hydrogen) atoms. The standard InChI is InChI=1S/C14H9N3/c1-3-10-4-2-6-12-14(10)11(5-1)16-13-7-8-15-9-17(12)13/h1-9H. The zero-order valence-electron chi connectivity index (χ0n) is 9.04. The SMILES string of the molecule is C1=CC2=Nc3cccc4cccc(c34)N2C=N1. The van der Waals surface area contributed by atoms with Gasteiger partial charge >= 0.3 is 0 Å². The lowest BCUT2D eigenvalue weighted by molar-refractivity contribution is 1.35. The molecule has 0 atom stereocenters. The van der Waals surface area contributed by atoms with E-state index in [1.165, 1.54) is 10.8 Å². The second-order valence-electron chi connectivity index (χ2n) is 4.07. The molecular formula is C14H9N3. The molecule has 2 aromatic carbocycles. The first-order chi connectivity index (χ1) is 8.43. The van der Waals surface area contributed by atoms with Gasteiger partial charge in [-0.05, 0) is 23.6 Å². The number of benzene rings is 2. The monoisotopic (exact) mass is 219 g/mol. The Bertz CT molecular complexity index is 705. The van der Waals surface area contributed by atoms with Gasteiger partial charge in [0.15, 0.2) is 0 Å². The van der Waals surface area contributed by atoms with Crippen LogP contribution in [0.15, 0.2) is 58.7 Å². The third-order valence-electron chi connectivity index (χ3n) is 3.09. The lowest BCUT2D eigenvalue weighted by Gasteiger charge is -2.27. The summed E-state index contributed by atoms with van der Waals surface area (Å²) in [7, 11) is 0. The molecule has 4 rings (SSSR count). The molecule has 0 saturated heterocycles. The van der Waals surface area contributed by atoms with Crippen LogP contribution in [-0.4, -0.2) is 12.2 Å². The van der Waals surface area contributed by atoms with E-state index in [9.17, 15) is 0 Å². The number of rotatable bonds is 0. The van der Waals surface area contributed by atoms with Gasteiger partial charge in [0.2, 0.25) is 0 Å². The number of nitrogens with zero attached hydrogens (tertiary/aromatic N) is 3. The van der Waals surface area contributed by atoms with E-state index in [-0.39, 0.29) is 0 Å². The molecule has 2 aliphatic rings. The fourth-order valence-corrected chi connectivity index (χ4v) is 2.35. The minimum atomic E-state index is 0.922. The summed E-state index contributed by atoms with van der Waals surface area (Å²) in [5.41, 5.74) is 2.18. The van der Waals surface area contributed by atoms with Crippen molar-refractivity contribution < 1.29 is 0 Å². The molecular weight excluding hydrogens is 210 g/mol. The zero-order valence-corrected chi connectivity index (χ0v) is 9.04.